The Kier molecular flexibility index (Phi) is 4.00. The molecular formula is C15H18O4. The summed E-state index contributed by atoms with van der Waals surface area (Å²) in [5.41, 5.74) is 1.47. The number of ether oxygens (including phenoxy) is 2. The number of Topliss-reactive ketones (excluding diaryl/α,β-unsaturated/α-hetero) is 1. The van der Waals surface area contributed by atoms with Gasteiger partial charge in [-0.25, -0.2) is 4.79 Å². The van der Waals surface area contributed by atoms with Gasteiger partial charge in [-0.05, 0) is 31.4 Å². The summed E-state index contributed by atoms with van der Waals surface area (Å²) in [7, 11) is 1.67. The predicted molar refractivity (Wildman–Crippen MR) is 70.2 cm³/mol. The highest BCUT2D eigenvalue weighted by atomic mass is 16.5. The first-order chi connectivity index (χ1) is 9.13. The lowest BCUT2D eigenvalue weighted by Gasteiger charge is -2.15. The van der Waals surface area contributed by atoms with Crippen molar-refractivity contribution in [2.24, 2.45) is 0 Å². The molecule has 4 heteroatoms. The van der Waals surface area contributed by atoms with Crippen LogP contribution in [0.15, 0.2) is 24.3 Å². The molecule has 2 rings (SSSR count). The van der Waals surface area contributed by atoms with Gasteiger partial charge >= 0.3 is 5.97 Å². The van der Waals surface area contributed by atoms with Crippen molar-refractivity contribution in [1.82, 2.24) is 0 Å². The molecule has 0 aliphatic heterocycles. The number of ketones is 1. The van der Waals surface area contributed by atoms with E-state index in [4.69, 9.17) is 9.47 Å². The lowest BCUT2D eigenvalue weighted by Crippen LogP contribution is -2.19. The summed E-state index contributed by atoms with van der Waals surface area (Å²) in [5.74, 6) is -1.38. The molecule has 1 aromatic rings. The zero-order valence-corrected chi connectivity index (χ0v) is 11.3. The fraction of sp³-hybridized carbons (Fsp3) is 0.467. The van der Waals surface area contributed by atoms with Crippen LogP contribution in [0, 0.1) is 0 Å². The van der Waals surface area contributed by atoms with E-state index in [0.29, 0.717) is 12.2 Å². The van der Waals surface area contributed by atoms with E-state index in [0.717, 1.165) is 18.4 Å². The van der Waals surface area contributed by atoms with Crippen molar-refractivity contribution in [1.29, 1.82) is 0 Å². The van der Waals surface area contributed by atoms with Gasteiger partial charge in [0.1, 0.15) is 0 Å². The molecule has 1 aromatic carbocycles. The largest absolute Gasteiger partial charge is 0.460 e. The van der Waals surface area contributed by atoms with Gasteiger partial charge in [-0.3, -0.25) is 4.79 Å². The Hall–Kier alpha value is -1.68. The molecule has 102 valence electrons. The summed E-state index contributed by atoms with van der Waals surface area (Å²) in [6, 6.07) is 7.21. The second-order valence-electron chi connectivity index (χ2n) is 4.84. The first-order valence-corrected chi connectivity index (χ1v) is 6.44. The molecule has 0 radical (unpaired) electrons. The van der Waals surface area contributed by atoms with Crippen molar-refractivity contribution in [2.45, 2.75) is 25.2 Å². The number of methoxy groups -OCH3 is 1. The Morgan fingerprint density at radius 3 is 2.63 bits per heavy atom. The molecule has 19 heavy (non-hydrogen) atoms. The highest BCUT2D eigenvalue weighted by molar-refractivity contribution is 6.40. The number of hydrogen-bond donors (Lipinski definition) is 0. The Labute approximate surface area is 112 Å². The van der Waals surface area contributed by atoms with Crippen LogP contribution in [0.5, 0.6) is 0 Å². The van der Waals surface area contributed by atoms with E-state index in [1.807, 2.05) is 6.07 Å². The van der Waals surface area contributed by atoms with Gasteiger partial charge in [-0.2, -0.15) is 0 Å². The van der Waals surface area contributed by atoms with Crippen molar-refractivity contribution >= 4 is 11.8 Å². The first kappa shape index (κ1) is 13.7. The summed E-state index contributed by atoms with van der Waals surface area (Å²) >= 11 is 0. The Morgan fingerprint density at radius 1 is 1.32 bits per heavy atom. The molecule has 0 saturated heterocycles. The molecule has 1 saturated carbocycles. The quantitative estimate of drug-likeness (QED) is 0.447. The number of esters is 1. The van der Waals surface area contributed by atoms with E-state index in [-0.39, 0.29) is 12.0 Å². The number of hydrogen-bond acceptors (Lipinski definition) is 4. The minimum atomic E-state index is -0.795. The van der Waals surface area contributed by atoms with Crippen molar-refractivity contribution in [3.63, 3.8) is 0 Å². The van der Waals surface area contributed by atoms with E-state index in [9.17, 15) is 9.59 Å². The summed E-state index contributed by atoms with van der Waals surface area (Å²) < 4.78 is 9.97. The average Bonchev–Trinajstić information content (AvgIpc) is 3.20. The Balaban J connectivity index is 2.20. The summed E-state index contributed by atoms with van der Waals surface area (Å²) in [6.07, 6.45) is 2.11. The van der Waals surface area contributed by atoms with Gasteiger partial charge in [-0.15, -0.1) is 0 Å². The van der Waals surface area contributed by atoms with Gasteiger partial charge in [0.2, 0.25) is 0 Å². The molecule has 1 aliphatic carbocycles. The van der Waals surface area contributed by atoms with Crippen molar-refractivity contribution in [2.75, 3.05) is 20.3 Å². The number of carbonyl (C=O) groups excluding carboxylic acids is 2. The predicted octanol–water partition coefficient (Wildman–Crippen LogP) is 2.11. The van der Waals surface area contributed by atoms with E-state index >= 15 is 0 Å². The second kappa shape index (κ2) is 5.53. The number of benzene rings is 1. The molecule has 0 heterocycles. The molecule has 1 aliphatic rings. The van der Waals surface area contributed by atoms with Gasteiger partial charge in [0.15, 0.2) is 0 Å². The van der Waals surface area contributed by atoms with E-state index in [2.05, 4.69) is 0 Å². The van der Waals surface area contributed by atoms with Crippen molar-refractivity contribution < 1.29 is 19.1 Å². The van der Waals surface area contributed by atoms with Gasteiger partial charge in [0, 0.05) is 18.1 Å². The number of rotatable bonds is 6. The Bertz CT molecular complexity index is 489. The SMILES string of the molecule is CCOC(=O)C(=O)c1cccc(C2(COC)CC2)c1. The molecular weight excluding hydrogens is 244 g/mol. The van der Waals surface area contributed by atoms with Crippen LogP contribution in [0.1, 0.15) is 35.7 Å². The molecule has 0 unspecified atom stereocenters. The van der Waals surface area contributed by atoms with Crippen LogP contribution in [-0.2, 0) is 19.7 Å². The normalized spacial score (nSPS) is 15.9. The molecule has 0 bridgehead atoms. The molecule has 4 nitrogen and oxygen atoms in total. The minimum Gasteiger partial charge on any atom is -0.460 e. The highest BCUT2D eigenvalue weighted by Crippen LogP contribution is 2.48. The van der Waals surface area contributed by atoms with Gasteiger partial charge < -0.3 is 9.47 Å². The lowest BCUT2D eigenvalue weighted by molar-refractivity contribution is -0.137. The maximum atomic E-state index is 11.9. The third-order valence-electron chi connectivity index (χ3n) is 3.47. The smallest absolute Gasteiger partial charge is 0.379 e. The molecule has 0 atom stereocenters. The van der Waals surface area contributed by atoms with Crippen LogP contribution in [-0.4, -0.2) is 32.1 Å². The van der Waals surface area contributed by atoms with Crippen LogP contribution in [0.25, 0.3) is 0 Å². The zero-order chi connectivity index (χ0) is 13.9. The highest BCUT2D eigenvalue weighted by Gasteiger charge is 2.44. The third kappa shape index (κ3) is 2.84. The fourth-order valence-electron chi connectivity index (χ4n) is 2.25. The van der Waals surface area contributed by atoms with Gasteiger partial charge in [0.25, 0.3) is 5.78 Å². The Morgan fingerprint density at radius 2 is 2.05 bits per heavy atom. The molecule has 1 fully saturated rings. The lowest BCUT2D eigenvalue weighted by atomic mass is 9.94. The monoisotopic (exact) mass is 262 g/mol. The van der Waals surface area contributed by atoms with E-state index in [1.54, 1.807) is 32.2 Å². The molecule has 0 aromatic heterocycles. The standard InChI is InChI=1S/C15H18O4/c1-3-19-14(17)13(16)11-5-4-6-12(9-11)15(7-8-15)10-18-2/h4-6,9H,3,7-8,10H2,1-2H3. The van der Waals surface area contributed by atoms with Crippen LogP contribution in [0.4, 0.5) is 0 Å². The van der Waals surface area contributed by atoms with Crippen LogP contribution >= 0.6 is 0 Å². The van der Waals surface area contributed by atoms with Crippen molar-refractivity contribution in [3.8, 4) is 0 Å². The fourth-order valence-corrected chi connectivity index (χ4v) is 2.25. The summed E-state index contributed by atoms with van der Waals surface area (Å²) in [4.78, 5) is 23.3. The second-order valence-corrected chi connectivity index (χ2v) is 4.84. The maximum absolute atomic E-state index is 11.9. The average molecular weight is 262 g/mol. The molecule has 0 amide bonds. The van der Waals surface area contributed by atoms with Gasteiger partial charge in [-0.1, -0.05) is 18.2 Å². The first-order valence-electron chi connectivity index (χ1n) is 6.44. The van der Waals surface area contributed by atoms with E-state index < -0.39 is 11.8 Å². The summed E-state index contributed by atoms with van der Waals surface area (Å²) in [5, 5.41) is 0. The molecule has 0 spiro atoms. The van der Waals surface area contributed by atoms with Crippen LogP contribution < -0.4 is 0 Å². The van der Waals surface area contributed by atoms with E-state index in [1.165, 1.54) is 0 Å². The van der Waals surface area contributed by atoms with Crippen LogP contribution in [0.2, 0.25) is 0 Å². The number of carbonyl (C=O) groups is 2. The third-order valence-corrected chi connectivity index (χ3v) is 3.47. The maximum Gasteiger partial charge on any atom is 0.379 e. The van der Waals surface area contributed by atoms with Crippen molar-refractivity contribution in [3.05, 3.63) is 35.4 Å². The molecule has 0 N–H and O–H groups in total. The minimum absolute atomic E-state index is 0.0275. The topological polar surface area (TPSA) is 52.6 Å². The zero-order valence-electron chi connectivity index (χ0n) is 11.3. The van der Waals surface area contributed by atoms with Gasteiger partial charge in [0.05, 0.1) is 13.2 Å². The van der Waals surface area contributed by atoms with Crippen LogP contribution in [0.3, 0.4) is 0 Å². The summed E-state index contributed by atoms with van der Waals surface area (Å²) in [6.45, 7) is 2.53.